The predicted molar refractivity (Wildman–Crippen MR) is 109 cm³/mol. The Morgan fingerprint density at radius 2 is 2.00 bits per heavy atom. The summed E-state index contributed by atoms with van der Waals surface area (Å²) < 4.78 is 33.0. The van der Waals surface area contributed by atoms with E-state index < -0.39 is 33.1 Å². The highest BCUT2D eigenvalue weighted by Crippen LogP contribution is 2.48. The maximum absolute atomic E-state index is 12.2. The lowest BCUT2D eigenvalue weighted by Gasteiger charge is -2.28. The van der Waals surface area contributed by atoms with Crippen molar-refractivity contribution in [3.8, 4) is 17.2 Å². The van der Waals surface area contributed by atoms with Crippen LogP contribution in [0.4, 0.5) is 0 Å². The van der Waals surface area contributed by atoms with Crippen LogP contribution < -0.4 is 5.73 Å². The Balaban J connectivity index is 2.05. The van der Waals surface area contributed by atoms with E-state index in [-0.39, 0.29) is 5.92 Å². The zero-order valence-electron chi connectivity index (χ0n) is 15.6. The molecular weight excluding hydrogens is 414 g/mol. The van der Waals surface area contributed by atoms with Gasteiger partial charge in [-0.15, -0.1) is 0 Å². The van der Waals surface area contributed by atoms with Crippen molar-refractivity contribution in [1.29, 1.82) is 5.26 Å². The Bertz CT molecular complexity index is 1090. The number of rotatable bonds is 7. The molecule has 0 bridgehead atoms. The van der Waals surface area contributed by atoms with Crippen molar-refractivity contribution < 1.29 is 17.8 Å². The molecule has 1 saturated carbocycles. The molecule has 3 atom stereocenters. The Labute approximate surface area is 174 Å². The van der Waals surface area contributed by atoms with Crippen molar-refractivity contribution in [1.82, 2.24) is 4.98 Å². The van der Waals surface area contributed by atoms with Gasteiger partial charge in [0, 0.05) is 23.9 Å². The molecule has 152 valence electrons. The first-order valence-electron chi connectivity index (χ1n) is 9.04. The van der Waals surface area contributed by atoms with Crippen molar-refractivity contribution >= 4 is 27.6 Å². The third-order valence-corrected chi connectivity index (χ3v) is 6.93. The topological polar surface area (TPSA) is 134 Å². The third-order valence-electron chi connectivity index (χ3n) is 5.39. The summed E-state index contributed by atoms with van der Waals surface area (Å²) in [6.45, 7) is 1.29. The van der Waals surface area contributed by atoms with Crippen LogP contribution in [0.5, 0.6) is 0 Å². The molecule has 7 nitrogen and oxygen atoms in total. The quantitative estimate of drug-likeness (QED) is 0.644. The molecule has 0 spiro atoms. The van der Waals surface area contributed by atoms with E-state index in [1.807, 2.05) is 12.1 Å². The average molecular weight is 434 g/mol. The van der Waals surface area contributed by atoms with E-state index in [9.17, 15) is 17.8 Å². The van der Waals surface area contributed by atoms with Crippen LogP contribution in [0.15, 0.2) is 36.7 Å². The number of nitriles is 1. The van der Waals surface area contributed by atoms with E-state index in [0.29, 0.717) is 21.7 Å². The van der Waals surface area contributed by atoms with E-state index in [0.717, 1.165) is 18.4 Å². The third kappa shape index (κ3) is 4.58. The van der Waals surface area contributed by atoms with Gasteiger partial charge in [-0.3, -0.25) is 14.3 Å². The zero-order valence-corrected chi connectivity index (χ0v) is 17.2. The number of carbonyl (C=O) groups is 1. The van der Waals surface area contributed by atoms with Gasteiger partial charge in [0.2, 0.25) is 5.91 Å². The van der Waals surface area contributed by atoms with E-state index in [2.05, 4.69) is 4.98 Å². The summed E-state index contributed by atoms with van der Waals surface area (Å²) in [5, 5.41) is 8.01. The highest BCUT2D eigenvalue weighted by molar-refractivity contribution is 7.86. The lowest BCUT2D eigenvalue weighted by Crippen LogP contribution is -2.41. The lowest BCUT2D eigenvalue weighted by molar-refractivity contribution is -0.122. The molecule has 1 amide bonds. The molecule has 3 N–H and O–H groups in total. The van der Waals surface area contributed by atoms with Gasteiger partial charge < -0.3 is 5.73 Å². The number of amides is 1. The SMILES string of the molecule is CC(C(C(N)=O)C(c1cncc(-c2ccc(C#N)c(Cl)c2)c1)C1CC1)S(=O)(=O)O. The normalized spacial score (nSPS) is 17.2. The summed E-state index contributed by atoms with van der Waals surface area (Å²) in [6.07, 6.45) is 4.88. The number of benzene rings is 1. The van der Waals surface area contributed by atoms with Crippen LogP contribution in [0.25, 0.3) is 11.1 Å². The molecule has 1 heterocycles. The van der Waals surface area contributed by atoms with Crippen LogP contribution in [0, 0.1) is 23.2 Å². The van der Waals surface area contributed by atoms with E-state index >= 15 is 0 Å². The highest BCUT2D eigenvalue weighted by Gasteiger charge is 2.45. The van der Waals surface area contributed by atoms with E-state index in [4.69, 9.17) is 22.6 Å². The minimum Gasteiger partial charge on any atom is -0.369 e. The standard InChI is InChI=1S/C20H20ClN3O4S/c1-11(29(26,27)28)18(20(23)25)19(12-2-3-12)16-6-15(9-24-10-16)13-4-5-14(8-22)17(21)7-13/h4-7,9-12,18-19H,2-3H2,1H3,(H2,23,25)(H,26,27,28). The molecule has 0 saturated heterocycles. The van der Waals surface area contributed by atoms with Crippen molar-refractivity contribution in [2.24, 2.45) is 17.6 Å². The van der Waals surface area contributed by atoms with E-state index in [1.165, 1.54) is 6.92 Å². The number of nitrogens with zero attached hydrogens (tertiary/aromatic N) is 2. The first-order chi connectivity index (χ1) is 13.6. The maximum atomic E-state index is 12.2. The van der Waals surface area contributed by atoms with Gasteiger partial charge in [0.25, 0.3) is 10.1 Å². The monoisotopic (exact) mass is 433 g/mol. The fraction of sp³-hybridized carbons (Fsp3) is 0.350. The number of pyridine rings is 1. The molecule has 1 aromatic heterocycles. The van der Waals surface area contributed by atoms with Gasteiger partial charge in [0.15, 0.2) is 0 Å². The molecule has 9 heteroatoms. The molecule has 0 aliphatic heterocycles. The van der Waals surface area contributed by atoms with Gasteiger partial charge in [-0.05, 0) is 55.0 Å². The average Bonchev–Trinajstić information content (AvgIpc) is 3.49. The second-order valence-corrected chi connectivity index (χ2v) is 9.51. The van der Waals surface area contributed by atoms with Crippen LogP contribution in [-0.2, 0) is 14.9 Å². The van der Waals surface area contributed by atoms with Crippen molar-refractivity contribution in [2.75, 3.05) is 0 Å². The van der Waals surface area contributed by atoms with Crippen LogP contribution in [-0.4, -0.2) is 29.1 Å². The second-order valence-electron chi connectivity index (χ2n) is 7.32. The number of halogens is 1. The largest absolute Gasteiger partial charge is 0.369 e. The van der Waals surface area contributed by atoms with Crippen LogP contribution in [0.1, 0.15) is 36.8 Å². The minimum atomic E-state index is -4.45. The van der Waals surface area contributed by atoms with Crippen LogP contribution in [0.3, 0.4) is 0 Å². The molecule has 29 heavy (non-hydrogen) atoms. The van der Waals surface area contributed by atoms with Gasteiger partial charge in [0.1, 0.15) is 6.07 Å². The molecule has 3 unspecified atom stereocenters. The first-order valence-corrected chi connectivity index (χ1v) is 10.9. The molecule has 1 aliphatic rings. The number of hydrogen-bond acceptors (Lipinski definition) is 5. The second kappa shape index (κ2) is 8.11. The smallest absolute Gasteiger partial charge is 0.268 e. The Hall–Kier alpha value is -2.47. The predicted octanol–water partition coefficient (Wildman–Crippen LogP) is 3.15. The molecule has 0 radical (unpaired) electrons. The number of hydrogen-bond donors (Lipinski definition) is 2. The van der Waals surface area contributed by atoms with Gasteiger partial charge in [-0.2, -0.15) is 13.7 Å². The van der Waals surface area contributed by atoms with Crippen LogP contribution >= 0.6 is 11.6 Å². The Morgan fingerprint density at radius 1 is 1.31 bits per heavy atom. The number of nitrogens with two attached hydrogens (primary N) is 1. The number of carbonyl (C=O) groups excluding carboxylic acids is 1. The summed E-state index contributed by atoms with van der Waals surface area (Å²) in [4.78, 5) is 16.4. The number of aromatic nitrogens is 1. The molecular formula is C20H20ClN3O4S. The van der Waals surface area contributed by atoms with Gasteiger partial charge >= 0.3 is 0 Å². The summed E-state index contributed by atoms with van der Waals surface area (Å²) in [5.74, 6) is -2.26. The zero-order chi connectivity index (χ0) is 21.3. The summed E-state index contributed by atoms with van der Waals surface area (Å²) in [5.41, 5.74) is 8.02. The van der Waals surface area contributed by atoms with Crippen LogP contribution in [0.2, 0.25) is 5.02 Å². The summed E-state index contributed by atoms with van der Waals surface area (Å²) in [7, 11) is -4.45. The van der Waals surface area contributed by atoms with Gasteiger partial charge in [-0.1, -0.05) is 17.7 Å². The molecule has 1 aromatic carbocycles. The van der Waals surface area contributed by atoms with Gasteiger partial charge in [-0.25, -0.2) is 0 Å². The summed E-state index contributed by atoms with van der Waals surface area (Å²) >= 11 is 6.13. The summed E-state index contributed by atoms with van der Waals surface area (Å²) in [6, 6.07) is 8.82. The van der Waals surface area contributed by atoms with Gasteiger partial charge in [0.05, 0.1) is 21.8 Å². The van der Waals surface area contributed by atoms with Crippen molar-refractivity contribution in [3.63, 3.8) is 0 Å². The van der Waals surface area contributed by atoms with E-state index in [1.54, 1.807) is 30.6 Å². The first kappa shape index (κ1) is 21.2. The molecule has 2 aromatic rings. The molecule has 3 rings (SSSR count). The molecule has 1 aliphatic carbocycles. The van der Waals surface area contributed by atoms with Crippen molar-refractivity contribution in [2.45, 2.75) is 30.9 Å². The lowest BCUT2D eigenvalue weighted by atomic mass is 9.80. The fourth-order valence-electron chi connectivity index (χ4n) is 3.70. The minimum absolute atomic E-state index is 0.0818. The fourth-order valence-corrected chi connectivity index (χ4v) is 4.59. The number of primary amides is 1. The molecule has 1 fully saturated rings. The Morgan fingerprint density at radius 3 is 2.52 bits per heavy atom. The van der Waals surface area contributed by atoms with Crippen molar-refractivity contribution in [3.05, 3.63) is 52.8 Å². The Kier molecular flexibility index (Phi) is 5.94. The maximum Gasteiger partial charge on any atom is 0.268 e. The highest BCUT2D eigenvalue weighted by atomic mass is 35.5.